The minimum atomic E-state index is 0. The number of rotatable bonds is 0. The average molecular weight is 403 g/mol. The number of ether oxygens (including phenoxy) is 6. The van der Waals surface area contributed by atoms with Crippen LogP contribution in [0.5, 0.6) is 23.0 Å². The standard InChI is InChI=1S/C20H24O6.ClH.Li/c1-3-7-19-17(5-1)24-15-13-22-11-9-21-10-12-23-14-16-25-18-6-2-4-8-20(18)26-19;;/h1-8H,9-16H2;1H;/q;;+1/p-1. The third-order valence-corrected chi connectivity index (χ3v) is 3.63. The Kier molecular flexibility index (Phi) is 12.8. The molecular formula is C20H24ClLiO6. The Bertz CT molecular complexity index is 617. The monoisotopic (exact) mass is 402 g/mol. The quantitative estimate of drug-likeness (QED) is 0.447. The van der Waals surface area contributed by atoms with Crippen LogP contribution >= 0.6 is 0 Å². The number of fused-ring (bicyclic) bond motifs is 2. The molecule has 0 unspecified atom stereocenters. The van der Waals surface area contributed by atoms with Gasteiger partial charge in [-0.25, -0.2) is 0 Å². The van der Waals surface area contributed by atoms with Crippen LogP contribution in [-0.4, -0.2) is 52.9 Å². The van der Waals surface area contributed by atoms with Gasteiger partial charge in [0, 0.05) is 0 Å². The zero-order valence-electron chi connectivity index (χ0n) is 16.1. The molecule has 0 fully saturated rings. The van der Waals surface area contributed by atoms with Crippen LogP contribution in [0, 0.1) is 0 Å². The van der Waals surface area contributed by atoms with Crippen molar-refractivity contribution >= 4 is 0 Å². The molecule has 6 nitrogen and oxygen atoms in total. The Morgan fingerprint density at radius 2 is 0.786 bits per heavy atom. The first-order valence-electron chi connectivity index (χ1n) is 8.78. The molecule has 148 valence electrons. The summed E-state index contributed by atoms with van der Waals surface area (Å²) in [5.41, 5.74) is 0. The van der Waals surface area contributed by atoms with Gasteiger partial charge in [-0.15, -0.1) is 0 Å². The molecule has 0 saturated heterocycles. The maximum atomic E-state index is 6.04. The van der Waals surface area contributed by atoms with Crippen LogP contribution in [0.25, 0.3) is 0 Å². The summed E-state index contributed by atoms with van der Waals surface area (Å²) in [5.74, 6) is 2.58. The Morgan fingerprint density at radius 3 is 1.18 bits per heavy atom. The summed E-state index contributed by atoms with van der Waals surface area (Å²) in [7, 11) is 0. The van der Waals surface area contributed by atoms with Gasteiger partial charge in [-0.3, -0.25) is 0 Å². The van der Waals surface area contributed by atoms with E-state index in [9.17, 15) is 0 Å². The predicted molar refractivity (Wildman–Crippen MR) is 96.4 cm³/mol. The van der Waals surface area contributed by atoms with Gasteiger partial charge < -0.3 is 40.8 Å². The molecule has 0 spiro atoms. The van der Waals surface area contributed by atoms with Crippen LogP contribution in [0.4, 0.5) is 0 Å². The second kappa shape index (κ2) is 14.6. The number of hydrogen-bond donors (Lipinski definition) is 0. The smallest absolute Gasteiger partial charge is 1.00 e. The minimum Gasteiger partial charge on any atom is -1.00 e. The van der Waals surface area contributed by atoms with Crippen LogP contribution in [0.2, 0.25) is 0 Å². The molecule has 0 N–H and O–H groups in total. The Balaban J connectivity index is 0.00000196. The summed E-state index contributed by atoms with van der Waals surface area (Å²) in [6.07, 6.45) is 0. The van der Waals surface area contributed by atoms with Gasteiger partial charge in [0.05, 0.1) is 39.6 Å². The van der Waals surface area contributed by atoms with Crippen molar-refractivity contribution < 1.29 is 59.7 Å². The second-order valence-corrected chi connectivity index (χ2v) is 5.53. The van der Waals surface area contributed by atoms with Crippen LogP contribution < -0.4 is 45.5 Å². The van der Waals surface area contributed by atoms with Crippen LogP contribution in [0.3, 0.4) is 0 Å². The van der Waals surface area contributed by atoms with Crippen molar-refractivity contribution in [2.24, 2.45) is 0 Å². The Hall–Kier alpha value is -1.39. The van der Waals surface area contributed by atoms with Crippen molar-refractivity contribution in [1.82, 2.24) is 0 Å². The van der Waals surface area contributed by atoms with Gasteiger partial charge in [0.2, 0.25) is 0 Å². The van der Waals surface area contributed by atoms with Crippen molar-refractivity contribution in [3.05, 3.63) is 48.5 Å². The third-order valence-electron chi connectivity index (χ3n) is 3.63. The number of para-hydroxylation sites is 4. The maximum absolute atomic E-state index is 6.04. The summed E-state index contributed by atoms with van der Waals surface area (Å²) in [4.78, 5) is 0. The summed E-state index contributed by atoms with van der Waals surface area (Å²) in [5, 5.41) is 0. The average Bonchev–Trinajstić information content (AvgIpc) is 2.67. The molecule has 0 radical (unpaired) electrons. The predicted octanol–water partition coefficient (Wildman–Crippen LogP) is -2.69. The molecule has 0 saturated carbocycles. The van der Waals surface area contributed by atoms with Crippen molar-refractivity contribution in [1.29, 1.82) is 0 Å². The molecule has 2 aromatic rings. The van der Waals surface area contributed by atoms with E-state index in [1.54, 1.807) is 0 Å². The molecule has 3 rings (SSSR count). The first-order valence-corrected chi connectivity index (χ1v) is 8.78. The van der Waals surface area contributed by atoms with Gasteiger partial charge >= 0.3 is 18.9 Å². The molecule has 0 aliphatic carbocycles. The van der Waals surface area contributed by atoms with E-state index in [1.807, 2.05) is 48.5 Å². The van der Waals surface area contributed by atoms with Gasteiger partial charge in [-0.1, -0.05) is 24.3 Å². The molecule has 8 heteroatoms. The Morgan fingerprint density at radius 1 is 0.464 bits per heavy atom. The molecule has 0 aromatic heterocycles. The van der Waals surface area contributed by atoms with E-state index < -0.39 is 0 Å². The molecule has 1 aliphatic heterocycles. The molecule has 1 aliphatic rings. The van der Waals surface area contributed by atoms with Gasteiger partial charge in [0.15, 0.2) is 23.0 Å². The van der Waals surface area contributed by atoms with E-state index in [-0.39, 0.29) is 31.3 Å². The van der Waals surface area contributed by atoms with E-state index in [4.69, 9.17) is 28.4 Å². The zero-order chi connectivity index (χ0) is 17.9. The van der Waals surface area contributed by atoms with Crippen molar-refractivity contribution in [2.45, 2.75) is 0 Å². The molecule has 0 bridgehead atoms. The van der Waals surface area contributed by atoms with Crippen molar-refractivity contribution in [2.75, 3.05) is 52.9 Å². The number of benzene rings is 2. The molecule has 2 aromatic carbocycles. The fraction of sp³-hybridized carbons (Fsp3) is 0.400. The normalized spacial score (nSPS) is 16.0. The first kappa shape index (κ1) is 24.6. The summed E-state index contributed by atoms with van der Waals surface area (Å²) >= 11 is 0. The van der Waals surface area contributed by atoms with Gasteiger partial charge in [0.25, 0.3) is 0 Å². The molecule has 0 atom stereocenters. The minimum absolute atomic E-state index is 0. The topological polar surface area (TPSA) is 55.4 Å². The fourth-order valence-corrected chi connectivity index (χ4v) is 2.39. The van der Waals surface area contributed by atoms with Crippen LogP contribution in [0.1, 0.15) is 0 Å². The van der Waals surface area contributed by atoms with Crippen molar-refractivity contribution in [3.63, 3.8) is 0 Å². The summed E-state index contributed by atoms with van der Waals surface area (Å²) < 4.78 is 34.1. The van der Waals surface area contributed by atoms with Gasteiger partial charge in [-0.2, -0.15) is 0 Å². The second-order valence-electron chi connectivity index (χ2n) is 5.53. The van der Waals surface area contributed by atoms with E-state index in [2.05, 4.69) is 0 Å². The third kappa shape index (κ3) is 8.32. The fourth-order valence-electron chi connectivity index (χ4n) is 2.39. The molecule has 0 amide bonds. The van der Waals surface area contributed by atoms with E-state index in [0.717, 1.165) is 0 Å². The maximum Gasteiger partial charge on any atom is 1.00 e. The van der Waals surface area contributed by atoms with Crippen LogP contribution in [-0.2, 0) is 14.2 Å². The number of halogens is 1. The summed E-state index contributed by atoms with van der Waals surface area (Å²) in [6.45, 7) is 3.95. The van der Waals surface area contributed by atoms with Gasteiger partial charge in [-0.05, 0) is 24.3 Å². The molecular weight excluding hydrogens is 379 g/mol. The first-order chi connectivity index (χ1) is 12.9. The largest absolute Gasteiger partial charge is 1.00 e. The zero-order valence-corrected chi connectivity index (χ0v) is 16.9. The van der Waals surface area contributed by atoms with Crippen molar-refractivity contribution in [3.8, 4) is 23.0 Å². The number of hydrogen-bond acceptors (Lipinski definition) is 6. The van der Waals surface area contributed by atoms with E-state index in [0.29, 0.717) is 75.9 Å². The Labute approximate surface area is 184 Å². The van der Waals surface area contributed by atoms with E-state index in [1.165, 1.54) is 0 Å². The molecule has 1 heterocycles. The molecule has 28 heavy (non-hydrogen) atoms. The SMILES string of the molecule is [Cl-].[Li+].c1ccc2c(c1)OCCOCCOCCOCCOc1ccccc1O2. The summed E-state index contributed by atoms with van der Waals surface area (Å²) in [6, 6.07) is 15.1. The van der Waals surface area contributed by atoms with Gasteiger partial charge in [0.1, 0.15) is 13.2 Å². The van der Waals surface area contributed by atoms with Crippen LogP contribution in [0.15, 0.2) is 48.5 Å². The van der Waals surface area contributed by atoms with E-state index >= 15 is 0 Å².